The SMILES string of the molecule is Cc1[nH]c(C2CC(c3ccc(C(F)(F)F)c(F)c3)=NN2c2ccc(Cl)cc2)c(C)c1C(=O)O. The van der Waals surface area contributed by atoms with Crippen molar-refractivity contribution in [1.82, 2.24) is 4.98 Å². The fraction of sp³-hybridized carbons (Fsp3) is 0.217. The molecule has 2 heterocycles. The van der Waals surface area contributed by atoms with E-state index in [1.807, 2.05) is 0 Å². The molecule has 1 aromatic heterocycles. The minimum atomic E-state index is -4.80. The molecule has 10 heteroatoms. The van der Waals surface area contributed by atoms with E-state index in [0.29, 0.717) is 39.4 Å². The van der Waals surface area contributed by atoms with Gasteiger partial charge in [-0.3, -0.25) is 5.01 Å². The first-order valence-corrected chi connectivity index (χ1v) is 10.3. The van der Waals surface area contributed by atoms with E-state index < -0.39 is 29.6 Å². The van der Waals surface area contributed by atoms with E-state index in [4.69, 9.17) is 11.6 Å². The third-order valence-corrected chi connectivity index (χ3v) is 5.88. The number of carbonyl (C=O) groups is 1. The van der Waals surface area contributed by atoms with Crippen molar-refractivity contribution >= 4 is 29.0 Å². The Balaban J connectivity index is 1.80. The van der Waals surface area contributed by atoms with Crippen molar-refractivity contribution in [1.29, 1.82) is 0 Å². The zero-order chi connectivity index (χ0) is 24.1. The molecule has 1 unspecified atom stereocenters. The molecule has 4 rings (SSSR count). The monoisotopic (exact) mass is 479 g/mol. The van der Waals surface area contributed by atoms with Gasteiger partial charge in [-0.15, -0.1) is 0 Å². The van der Waals surface area contributed by atoms with Crippen LogP contribution in [0.1, 0.15) is 50.9 Å². The van der Waals surface area contributed by atoms with Crippen molar-refractivity contribution < 1.29 is 27.5 Å². The fourth-order valence-electron chi connectivity index (χ4n) is 4.09. The molecule has 33 heavy (non-hydrogen) atoms. The van der Waals surface area contributed by atoms with Crippen molar-refractivity contribution in [3.8, 4) is 0 Å². The number of aromatic carboxylic acids is 1. The highest BCUT2D eigenvalue weighted by Gasteiger charge is 2.36. The van der Waals surface area contributed by atoms with Crippen LogP contribution in [0.25, 0.3) is 0 Å². The third-order valence-electron chi connectivity index (χ3n) is 5.63. The summed E-state index contributed by atoms with van der Waals surface area (Å²) in [5.74, 6) is -2.46. The first-order chi connectivity index (χ1) is 15.5. The number of H-pyrrole nitrogens is 1. The van der Waals surface area contributed by atoms with E-state index in [1.165, 1.54) is 6.07 Å². The van der Waals surface area contributed by atoms with Crippen LogP contribution < -0.4 is 5.01 Å². The summed E-state index contributed by atoms with van der Waals surface area (Å²) >= 11 is 5.99. The van der Waals surface area contributed by atoms with Gasteiger partial charge in [-0.1, -0.05) is 17.7 Å². The number of benzene rings is 2. The lowest BCUT2D eigenvalue weighted by Gasteiger charge is -2.23. The number of rotatable bonds is 4. The zero-order valence-electron chi connectivity index (χ0n) is 17.5. The molecule has 0 saturated heterocycles. The molecule has 0 saturated carbocycles. The number of anilines is 1. The molecule has 0 spiro atoms. The number of alkyl halides is 3. The topological polar surface area (TPSA) is 68.7 Å². The number of hydrazone groups is 1. The van der Waals surface area contributed by atoms with E-state index in [9.17, 15) is 27.5 Å². The van der Waals surface area contributed by atoms with Gasteiger partial charge < -0.3 is 10.1 Å². The Bertz CT molecular complexity index is 1270. The minimum Gasteiger partial charge on any atom is -0.478 e. The van der Waals surface area contributed by atoms with Gasteiger partial charge in [0.1, 0.15) is 5.82 Å². The first-order valence-electron chi connectivity index (χ1n) is 9.89. The maximum absolute atomic E-state index is 14.2. The van der Waals surface area contributed by atoms with Gasteiger partial charge in [-0.05, 0) is 55.8 Å². The molecule has 1 atom stereocenters. The third kappa shape index (κ3) is 4.20. The summed E-state index contributed by atoms with van der Waals surface area (Å²) in [5.41, 5.74) is 1.61. The number of hydrogen-bond donors (Lipinski definition) is 2. The Labute approximate surface area is 191 Å². The highest BCUT2D eigenvalue weighted by atomic mass is 35.5. The van der Waals surface area contributed by atoms with Crippen LogP contribution in [0.2, 0.25) is 5.02 Å². The number of hydrogen-bond acceptors (Lipinski definition) is 3. The van der Waals surface area contributed by atoms with Gasteiger partial charge >= 0.3 is 12.1 Å². The number of carboxylic acids is 1. The summed E-state index contributed by atoms with van der Waals surface area (Å²) in [6, 6.07) is 8.97. The number of nitrogens with zero attached hydrogens (tertiary/aromatic N) is 2. The molecule has 2 N–H and O–H groups in total. The molecule has 1 aliphatic rings. The predicted molar refractivity (Wildman–Crippen MR) is 116 cm³/mol. The summed E-state index contributed by atoms with van der Waals surface area (Å²) in [7, 11) is 0. The Morgan fingerprint density at radius 1 is 1.18 bits per heavy atom. The lowest BCUT2D eigenvalue weighted by atomic mass is 9.98. The molecule has 2 aromatic carbocycles. The first kappa shape index (κ1) is 22.8. The van der Waals surface area contributed by atoms with Crippen molar-refractivity contribution in [2.24, 2.45) is 5.10 Å². The average molecular weight is 480 g/mol. The molecular weight excluding hydrogens is 462 g/mol. The maximum atomic E-state index is 14.2. The van der Waals surface area contributed by atoms with Crippen LogP contribution in [0.4, 0.5) is 23.2 Å². The number of aryl methyl sites for hydroxylation is 1. The van der Waals surface area contributed by atoms with Gasteiger partial charge in [-0.25, -0.2) is 9.18 Å². The summed E-state index contributed by atoms with van der Waals surface area (Å²) in [6.45, 7) is 3.33. The predicted octanol–water partition coefficient (Wildman–Crippen LogP) is 6.50. The van der Waals surface area contributed by atoms with Gasteiger partial charge in [-0.2, -0.15) is 18.3 Å². The summed E-state index contributed by atoms with van der Waals surface area (Å²) < 4.78 is 53.1. The molecule has 0 fully saturated rings. The van der Waals surface area contributed by atoms with E-state index in [-0.39, 0.29) is 17.5 Å². The number of aromatic nitrogens is 1. The van der Waals surface area contributed by atoms with Gasteiger partial charge in [0, 0.05) is 28.4 Å². The Hall–Kier alpha value is -3.33. The van der Waals surface area contributed by atoms with Crippen molar-refractivity contribution in [2.75, 3.05) is 5.01 Å². The minimum absolute atomic E-state index is 0.148. The van der Waals surface area contributed by atoms with E-state index in [1.54, 1.807) is 43.1 Å². The summed E-state index contributed by atoms with van der Waals surface area (Å²) in [4.78, 5) is 14.8. The summed E-state index contributed by atoms with van der Waals surface area (Å²) in [5, 5.41) is 16.3. The number of carboxylic acid groups (broad SMARTS) is 1. The Morgan fingerprint density at radius 2 is 1.85 bits per heavy atom. The Kier molecular flexibility index (Phi) is 5.69. The van der Waals surface area contributed by atoms with Gasteiger partial charge in [0.25, 0.3) is 0 Å². The number of nitrogens with one attached hydrogen (secondary N) is 1. The molecule has 1 aliphatic heterocycles. The number of aromatic amines is 1. The van der Waals surface area contributed by atoms with E-state index in [2.05, 4.69) is 10.1 Å². The van der Waals surface area contributed by atoms with Crippen LogP contribution in [-0.2, 0) is 6.18 Å². The fourth-order valence-corrected chi connectivity index (χ4v) is 4.22. The second-order valence-corrected chi connectivity index (χ2v) is 8.19. The average Bonchev–Trinajstić information content (AvgIpc) is 3.28. The van der Waals surface area contributed by atoms with Crippen LogP contribution in [0.15, 0.2) is 47.6 Å². The lowest BCUT2D eigenvalue weighted by Crippen LogP contribution is -2.19. The molecule has 3 aromatic rings. The molecular formula is C23H18ClF4N3O2. The van der Waals surface area contributed by atoms with Crippen molar-refractivity contribution in [2.45, 2.75) is 32.5 Å². The van der Waals surface area contributed by atoms with Crippen LogP contribution in [-0.4, -0.2) is 21.8 Å². The van der Waals surface area contributed by atoms with E-state index in [0.717, 1.165) is 6.07 Å². The quantitative estimate of drug-likeness (QED) is 0.420. The van der Waals surface area contributed by atoms with Crippen LogP contribution in [0.3, 0.4) is 0 Å². The van der Waals surface area contributed by atoms with Crippen molar-refractivity contribution in [3.63, 3.8) is 0 Å². The van der Waals surface area contributed by atoms with Crippen LogP contribution in [0, 0.1) is 19.7 Å². The highest BCUT2D eigenvalue weighted by molar-refractivity contribution is 6.30. The smallest absolute Gasteiger partial charge is 0.419 e. The molecule has 5 nitrogen and oxygen atoms in total. The van der Waals surface area contributed by atoms with Crippen LogP contribution in [0.5, 0.6) is 0 Å². The van der Waals surface area contributed by atoms with Gasteiger partial charge in [0.05, 0.1) is 28.6 Å². The van der Waals surface area contributed by atoms with Gasteiger partial charge in [0.15, 0.2) is 0 Å². The van der Waals surface area contributed by atoms with E-state index >= 15 is 0 Å². The summed E-state index contributed by atoms with van der Waals surface area (Å²) in [6.07, 6.45) is -4.59. The highest BCUT2D eigenvalue weighted by Crippen LogP contribution is 2.40. The molecule has 0 bridgehead atoms. The molecule has 0 radical (unpaired) electrons. The maximum Gasteiger partial charge on any atom is 0.419 e. The van der Waals surface area contributed by atoms with Crippen LogP contribution >= 0.6 is 11.6 Å². The molecule has 172 valence electrons. The standard InChI is InChI=1S/C23H18ClF4N3O2/c1-11-20(22(32)33)12(2)29-21(11)19-10-18(30-31(19)15-6-4-14(24)5-7-15)13-3-8-16(17(25)9-13)23(26,27)28/h3-9,19,29H,10H2,1-2H3,(H,32,33). The molecule has 0 amide bonds. The molecule has 0 aliphatic carbocycles. The number of halogens is 5. The normalized spacial score (nSPS) is 16.3. The second-order valence-electron chi connectivity index (χ2n) is 7.75. The second kappa shape index (κ2) is 8.22. The lowest BCUT2D eigenvalue weighted by molar-refractivity contribution is -0.140. The Morgan fingerprint density at radius 3 is 2.39 bits per heavy atom. The zero-order valence-corrected chi connectivity index (χ0v) is 18.2. The largest absolute Gasteiger partial charge is 0.478 e. The van der Waals surface area contributed by atoms with Gasteiger partial charge in [0.2, 0.25) is 0 Å². The van der Waals surface area contributed by atoms with Crippen molar-refractivity contribution in [3.05, 3.63) is 86.9 Å².